The number of oxazole rings is 1. The van der Waals surface area contributed by atoms with Crippen LogP contribution >= 0.6 is 23.2 Å². The number of halogens is 2. The highest BCUT2D eigenvalue weighted by Crippen LogP contribution is 2.24. The van der Waals surface area contributed by atoms with Crippen molar-refractivity contribution in [2.24, 2.45) is 0 Å². The Morgan fingerprint density at radius 2 is 1.67 bits per heavy atom. The van der Waals surface area contributed by atoms with Gasteiger partial charge in [0, 0.05) is 35.5 Å². The topological polar surface area (TPSA) is 46.3 Å². The molecule has 1 atom stereocenters. The van der Waals surface area contributed by atoms with E-state index in [0.717, 1.165) is 11.1 Å². The first-order valence-electron chi connectivity index (χ1n) is 8.66. The molecule has 1 aromatic heterocycles. The molecule has 4 nitrogen and oxygen atoms in total. The Bertz CT molecular complexity index is 905. The van der Waals surface area contributed by atoms with E-state index in [2.05, 4.69) is 4.98 Å². The van der Waals surface area contributed by atoms with Crippen LogP contribution < -0.4 is 0 Å². The average molecular weight is 403 g/mol. The van der Waals surface area contributed by atoms with Gasteiger partial charge in [-0.3, -0.25) is 4.79 Å². The SMILES string of the molecule is C[C@H](c1ccc(Cl)cc1)N(C)C(=O)CCc1ncc(-c2ccc(Cl)cc2)o1. The smallest absolute Gasteiger partial charge is 0.223 e. The molecule has 0 saturated carbocycles. The second-order valence-electron chi connectivity index (χ2n) is 6.36. The summed E-state index contributed by atoms with van der Waals surface area (Å²) in [6, 6.07) is 14.8. The molecule has 0 radical (unpaired) electrons. The van der Waals surface area contributed by atoms with E-state index in [-0.39, 0.29) is 11.9 Å². The van der Waals surface area contributed by atoms with Crippen LogP contribution in [0.1, 0.15) is 30.8 Å². The summed E-state index contributed by atoms with van der Waals surface area (Å²) >= 11 is 11.8. The van der Waals surface area contributed by atoms with Gasteiger partial charge < -0.3 is 9.32 Å². The van der Waals surface area contributed by atoms with Crippen molar-refractivity contribution in [2.75, 3.05) is 7.05 Å². The number of amides is 1. The van der Waals surface area contributed by atoms with Crippen molar-refractivity contribution >= 4 is 29.1 Å². The minimum Gasteiger partial charge on any atom is -0.441 e. The lowest BCUT2D eigenvalue weighted by Gasteiger charge is -2.25. The monoisotopic (exact) mass is 402 g/mol. The fourth-order valence-electron chi connectivity index (χ4n) is 2.74. The lowest BCUT2D eigenvalue weighted by Crippen LogP contribution is -2.29. The number of aryl methyl sites for hydroxylation is 1. The van der Waals surface area contributed by atoms with Crippen LogP contribution in [0.15, 0.2) is 59.1 Å². The molecule has 0 unspecified atom stereocenters. The third-order valence-electron chi connectivity index (χ3n) is 4.56. The fourth-order valence-corrected chi connectivity index (χ4v) is 3.00. The van der Waals surface area contributed by atoms with Gasteiger partial charge in [0.05, 0.1) is 12.2 Å². The van der Waals surface area contributed by atoms with Crippen LogP contribution in [0.25, 0.3) is 11.3 Å². The number of nitrogens with zero attached hydrogens (tertiary/aromatic N) is 2. The summed E-state index contributed by atoms with van der Waals surface area (Å²) in [7, 11) is 1.80. The Hall–Kier alpha value is -2.30. The first-order chi connectivity index (χ1) is 12.9. The number of benzene rings is 2. The van der Waals surface area contributed by atoms with E-state index in [9.17, 15) is 4.79 Å². The van der Waals surface area contributed by atoms with Crippen molar-refractivity contribution in [1.82, 2.24) is 9.88 Å². The zero-order chi connectivity index (χ0) is 19.4. The van der Waals surface area contributed by atoms with Gasteiger partial charge in [-0.15, -0.1) is 0 Å². The minimum absolute atomic E-state index is 0.0312. The van der Waals surface area contributed by atoms with Crippen LogP contribution in [0.5, 0.6) is 0 Å². The first kappa shape index (κ1) is 19.5. The van der Waals surface area contributed by atoms with Crippen LogP contribution in [-0.4, -0.2) is 22.8 Å². The maximum Gasteiger partial charge on any atom is 0.223 e. The van der Waals surface area contributed by atoms with Gasteiger partial charge in [0.2, 0.25) is 5.91 Å². The van der Waals surface area contributed by atoms with E-state index in [4.69, 9.17) is 27.6 Å². The average Bonchev–Trinajstić information content (AvgIpc) is 3.15. The molecule has 0 aliphatic rings. The van der Waals surface area contributed by atoms with E-state index >= 15 is 0 Å². The summed E-state index contributed by atoms with van der Waals surface area (Å²) in [6.07, 6.45) is 2.45. The maximum absolute atomic E-state index is 12.5. The van der Waals surface area contributed by atoms with Crippen LogP contribution in [0, 0.1) is 0 Å². The molecule has 0 fully saturated rings. The number of carbonyl (C=O) groups excluding carboxylic acids is 1. The highest BCUT2D eigenvalue weighted by molar-refractivity contribution is 6.30. The minimum atomic E-state index is -0.0380. The van der Waals surface area contributed by atoms with Crippen LogP contribution in [0.4, 0.5) is 0 Å². The molecule has 3 aromatic rings. The van der Waals surface area contributed by atoms with Crippen molar-refractivity contribution in [3.63, 3.8) is 0 Å². The van der Waals surface area contributed by atoms with Gasteiger partial charge in [-0.1, -0.05) is 35.3 Å². The van der Waals surface area contributed by atoms with Crippen molar-refractivity contribution < 1.29 is 9.21 Å². The van der Waals surface area contributed by atoms with Gasteiger partial charge in [0.25, 0.3) is 0 Å². The number of hydrogen-bond acceptors (Lipinski definition) is 3. The molecule has 6 heteroatoms. The highest BCUT2D eigenvalue weighted by atomic mass is 35.5. The van der Waals surface area contributed by atoms with Gasteiger partial charge in [-0.25, -0.2) is 4.98 Å². The number of rotatable bonds is 6. The Labute approximate surface area is 168 Å². The zero-order valence-electron chi connectivity index (χ0n) is 15.2. The van der Waals surface area contributed by atoms with Crippen molar-refractivity contribution in [2.45, 2.75) is 25.8 Å². The predicted octanol–water partition coefficient (Wildman–Crippen LogP) is 5.80. The normalized spacial score (nSPS) is 12.0. The molecule has 0 saturated heterocycles. The van der Waals surface area contributed by atoms with Crippen molar-refractivity contribution in [3.05, 3.63) is 76.2 Å². The molecule has 0 spiro atoms. The molecule has 0 bridgehead atoms. The molecule has 1 amide bonds. The van der Waals surface area contributed by atoms with Crippen LogP contribution in [0.3, 0.4) is 0 Å². The predicted molar refractivity (Wildman–Crippen MR) is 108 cm³/mol. The number of hydrogen-bond donors (Lipinski definition) is 0. The van der Waals surface area contributed by atoms with Gasteiger partial charge >= 0.3 is 0 Å². The van der Waals surface area contributed by atoms with Gasteiger partial charge in [-0.05, 0) is 48.9 Å². The fraction of sp³-hybridized carbons (Fsp3) is 0.238. The number of carbonyl (C=O) groups is 1. The second kappa shape index (κ2) is 8.59. The van der Waals surface area contributed by atoms with Crippen LogP contribution in [-0.2, 0) is 11.2 Å². The number of aromatic nitrogens is 1. The van der Waals surface area contributed by atoms with E-state index in [1.165, 1.54) is 0 Å². The molecule has 0 N–H and O–H groups in total. The van der Waals surface area contributed by atoms with E-state index in [1.807, 2.05) is 43.3 Å². The third-order valence-corrected chi connectivity index (χ3v) is 5.07. The quantitative estimate of drug-likeness (QED) is 0.523. The summed E-state index contributed by atoms with van der Waals surface area (Å²) < 4.78 is 5.76. The summed E-state index contributed by atoms with van der Waals surface area (Å²) in [5, 5.41) is 1.35. The lowest BCUT2D eigenvalue weighted by atomic mass is 10.1. The highest BCUT2D eigenvalue weighted by Gasteiger charge is 2.18. The van der Waals surface area contributed by atoms with E-state index in [0.29, 0.717) is 34.5 Å². The Kier molecular flexibility index (Phi) is 6.19. The maximum atomic E-state index is 12.5. The summed E-state index contributed by atoms with van der Waals surface area (Å²) in [6.45, 7) is 1.99. The lowest BCUT2D eigenvalue weighted by molar-refractivity contribution is -0.131. The molecule has 1 heterocycles. The Morgan fingerprint density at radius 3 is 2.30 bits per heavy atom. The molecular formula is C21H20Cl2N2O2. The van der Waals surface area contributed by atoms with Crippen molar-refractivity contribution in [1.29, 1.82) is 0 Å². The van der Waals surface area contributed by atoms with Crippen molar-refractivity contribution in [3.8, 4) is 11.3 Å². The molecule has 140 valence electrons. The Balaban J connectivity index is 1.58. The zero-order valence-corrected chi connectivity index (χ0v) is 16.7. The summed E-state index contributed by atoms with van der Waals surface area (Å²) in [4.78, 5) is 18.5. The van der Waals surface area contributed by atoms with Gasteiger partial charge in [-0.2, -0.15) is 0 Å². The standard InChI is InChI=1S/C21H20Cl2N2O2/c1-14(15-3-7-17(22)8-4-15)25(2)21(26)12-11-20-24-13-19(27-20)16-5-9-18(23)10-6-16/h3-10,13-14H,11-12H2,1-2H3/t14-/m1/s1. The molecule has 2 aromatic carbocycles. The molecule has 0 aliphatic heterocycles. The van der Waals surface area contributed by atoms with Gasteiger partial charge in [0.15, 0.2) is 11.7 Å². The largest absolute Gasteiger partial charge is 0.441 e. The molecule has 0 aliphatic carbocycles. The third kappa shape index (κ3) is 4.90. The van der Waals surface area contributed by atoms with Gasteiger partial charge in [0.1, 0.15) is 0 Å². The molecule has 27 heavy (non-hydrogen) atoms. The molecule has 3 rings (SSSR count). The first-order valence-corrected chi connectivity index (χ1v) is 9.41. The summed E-state index contributed by atoms with van der Waals surface area (Å²) in [5.74, 6) is 1.24. The molecular weight excluding hydrogens is 383 g/mol. The summed E-state index contributed by atoms with van der Waals surface area (Å²) in [5.41, 5.74) is 1.94. The van der Waals surface area contributed by atoms with E-state index < -0.39 is 0 Å². The second-order valence-corrected chi connectivity index (χ2v) is 7.23. The van der Waals surface area contributed by atoms with Crippen LogP contribution in [0.2, 0.25) is 10.0 Å². The van der Waals surface area contributed by atoms with E-state index in [1.54, 1.807) is 30.3 Å². The Morgan fingerprint density at radius 1 is 1.07 bits per heavy atom.